The van der Waals surface area contributed by atoms with E-state index in [1.54, 1.807) is 0 Å². The van der Waals surface area contributed by atoms with Gasteiger partial charge in [-0.3, -0.25) is 4.90 Å². The SMILES string of the molecule is CN1C[C@H]2COC[C@@H]1CN(c1nc3ccccc3s1)C2. The Morgan fingerprint density at radius 3 is 3.00 bits per heavy atom. The van der Waals surface area contributed by atoms with Crippen molar-refractivity contribution in [2.75, 3.05) is 44.8 Å². The quantitative estimate of drug-likeness (QED) is 0.803. The minimum Gasteiger partial charge on any atom is -0.379 e. The molecule has 2 fully saturated rings. The van der Waals surface area contributed by atoms with Gasteiger partial charge in [-0.2, -0.15) is 0 Å². The van der Waals surface area contributed by atoms with Crippen LogP contribution in [0.2, 0.25) is 0 Å². The molecule has 2 aromatic rings. The van der Waals surface area contributed by atoms with Gasteiger partial charge in [-0.25, -0.2) is 4.98 Å². The van der Waals surface area contributed by atoms with Crippen LogP contribution in [-0.2, 0) is 4.74 Å². The standard InChI is InChI=1S/C15H19N3OS/c1-17-6-11-7-18(8-12(17)10-19-9-11)15-16-13-4-2-3-5-14(13)20-15/h2-5,11-12H,6-10H2,1H3/t11-,12+/m1/s1. The van der Waals surface area contributed by atoms with Gasteiger partial charge in [0.25, 0.3) is 0 Å². The van der Waals surface area contributed by atoms with Crippen LogP contribution in [0.1, 0.15) is 0 Å². The van der Waals surface area contributed by atoms with Gasteiger partial charge in [0.2, 0.25) is 0 Å². The lowest BCUT2D eigenvalue weighted by atomic mass is 10.1. The van der Waals surface area contributed by atoms with Crippen molar-refractivity contribution in [1.29, 1.82) is 0 Å². The molecule has 2 saturated heterocycles. The van der Waals surface area contributed by atoms with Gasteiger partial charge in [0.15, 0.2) is 5.13 Å². The topological polar surface area (TPSA) is 28.6 Å². The first-order chi connectivity index (χ1) is 9.79. The molecule has 2 atom stereocenters. The third-order valence-corrected chi connectivity index (χ3v) is 5.39. The summed E-state index contributed by atoms with van der Waals surface area (Å²) in [5, 5.41) is 1.17. The third kappa shape index (κ3) is 2.20. The number of nitrogens with zero attached hydrogens (tertiary/aromatic N) is 3. The van der Waals surface area contributed by atoms with E-state index in [9.17, 15) is 0 Å². The third-order valence-electron chi connectivity index (χ3n) is 4.30. The molecule has 0 amide bonds. The summed E-state index contributed by atoms with van der Waals surface area (Å²) in [7, 11) is 2.22. The molecule has 5 heteroatoms. The Balaban J connectivity index is 1.67. The van der Waals surface area contributed by atoms with Crippen molar-refractivity contribution < 1.29 is 4.74 Å². The summed E-state index contributed by atoms with van der Waals surface area (Å²) in [4.78, 5) is 9.73. The van der Waals surface area contributed by atoms with Gasteiger partial charge in [-0.15, -0.1) is 0 Å². The second kappa shape index (κ2) is 4.98. The zero-order chi connectivity index (χ0) is 13.5. The zero-order valence-electron chi connectivity index (χ0n) is 11.7. The molecule has 2 aliphatic rings. The summed E-state index contributed by atoms with van der Waals surface area (Å²) >= 11 is 1.81. The first kappa shape index (κ1) is 12.6. The molecule has 2 aliphatic heterocycles. The zero-order valence-corrected chi connectivity index (χ0v) is 12.5. The molecule has 0 spiro atoms. The van der Waals surface area contributed by atoms with E-state index in [0.717, 1.165) is 38.4 Å². The largest absolute Gasteiger partial charge is 0.379 e. The molecule has 0 saturated carbocycles. The number of benzene rings is 1. The monoisotopic (exact) mass is 289 g/mol. The number of ether oxygens (including phenoxy) is 1. The lowest BCUT2D eigenvalue weighted by molar-refractivity contribution is 0.0931. The van der Waals surface area contributed by atoms with Crippen LogP contribution in [0.15, 0.2) is 24.3 Å². The summed E-state index contributed by atoms with van der Waals surface area (Å²) in [5.41, 5.74) is 1.12. The minimum absolute atomic E-state index is 0.481. The number of rotatable bonds is 1. The Hall–Kier alpha value is -1.17. The Morgan fingerprint density at radius 1 is 1.20 bits per heavy atom. The molecular formula is C15H19N3OS. The van der Waals surface area contributed by atoms with Gasteiger partial charge >= 0.3 is 0 Å². The van der Waals surface area contributed by atoms with Crippen molar-refractivity contribution in [2.24, 2.45) is 5.92 Å². The molecule has 0 radical (unpaired) electrons. The van der Waals surface area contributed by atoms with Crippen molar-refractivity contribution in [3.8, 4) is 0 Å². The van der Waals surface area contributed by atoms with E-state index in [-0.39, 0.29) is 0 Å². The molecule has 20 heavy (non-hydrogen) atoms. The highest BCUT2D eigenvalue weighted by Gasteiger charge is 2.32. The number of thiazole rings is 1. The second-order valence-electron chi connectivity index (χ2n) is 5.87. The van der Waals surface area contributed by atoms with Crippen LogP contribution in [0, 0.1) is 5.92 Å². The van der Waals surface area contributed by atoms with Crippen molar-refractivity contribution in [1.82, 2.24) is 9.88 Å². The van der Waals surface area contributed by atoms with E-state index in [1.165, 1.54) is 9.83 Å². The number of anilines is 1. The van der Waals surface area contributed by atoms with Crippen molar-refractivity contribution in [3.63, 3.8) is 0 Å². The highest BCUT2D eigenvalue weighted by Crippen LogP contribution is 2.31. The highest BCUT2D eigenvalue weighted by atomic mass is 32.1. The Bertz CT molecular complexity index is 581. The van der Waals surface area contributed by atoms with Gasteiger partial charge in [0.05, 0.1) is 29.5 Å². The fraction of sp³-hybridized carbons (Fsp3) is 0.533. The summed E-state index contributed by atoms with van der Waals surface area (Å²) in [6.07, 6.45) is 0. The Labute approximate surface area is 123 Å². The first-order valence-corrected chi connectivity index (χ1v) is 8.00. The maximum atomic E-state index is 5.79. The van der Waals surface area contributed by atoms with Gasteiger partial charge in [0.1, 0.15) is 0 Å². The molecule has 3 heterocycles. The predicted molar refractivity (Wildman–Crippen MR) is 82.6 cm³/mol. The molecule has 0 aliphatic carbocycles. The summed E-state index contributed by atoms with van der Waals surface area (Å²) in [5.74, 6) is 0.583. The van der Waals surface area contributed by atoms with Crippen molar-refractivity contribution in [2.45, 2.75) is 6.04 Å². The normalized spacial score (nSPS) is 27.8. The predicted octanol–water partition coefficient (Wildman–Crippen LogP) is 2.06. The van der Waals surface area contributed by atoms with Crippen LogP contribution in [0.4, 0.5) is 5.13 Å². The van der Waals surface area contributed by atoms with E-state index in [4.69, 9.17) is 9.72 Å². The van der Waals surface area contributed by atoms with Crippen LogP contribution in [0.3, 0.4) is 0 Å². The van der Waals surface area contributed by atoms with E-state index in [2.05, 4.69) is 41.1 Å². The lowest BCUT2D eigenvalue weighted by Crippen LogP contribution is -2.42. The van der Waals surface area contributed by atoms with Gasteiger partial charge in [-0.05, 0) is 19.2 Å². The Morgan fingerprint density at radius 2 is 2.10 bits per heavy atom. The number of likely N-dealkylation sites (N-methyl/N-ethyl adjacent to an activating group) is 1. The van der Waals surface area contributed by atoms with Crippen LogP contribution in [0.25, 0.3) is 10.2 Å². The highest BCUT2D eigenvalue weighted by molar-refractivity contribution is 7.22. The molecule has 4 nitrogen and oxygen atoms in total. The number of hydrogen-bond acceptors (Lipinski definition) is 5. The maximum Gasteiger partial charge on any atom is 0.186 e. The molecular weight excluding hydrogens is 270 g/mol. The number of aromatic nitrogens is 1. The van der Waals surface area contributed by atoms with Gasteiger partial charge < -0.3 is 9.64 Å². The fourth-order valence-electron chi connectivity index (χ4n) is 3.20. The van der Waals surface area contributed by atoms with Gasteiger partial charge in [0, 0.05) is 25.6 Å². The van der Waals surface area contributed by atoms with E-state index in [1.807, 2.05) is 11.3 Å². The second-order valence-corrected chi connectivity index (χ2v) is 6.88. The van der Waals surface area contributed by atoms with Crippen molar-refractivity contribution >= 4 is 26.7 Å². The fourth-order valence-corrected chi connectivity index (χ4v) is 4.19. The summed E-state index contributed by atoms with van der Waals surface area (Å²) < 4.78 is 7.07. The van der Waals surface area contributed by atoms with Crippen LogP contribution in [-0.4, -0.2) is 55.8 Å². The number of fused-ring (bicyclic) bond motifs is 4. The van der Waals surface area contributed by atoms with E-state index < -0.39 is 0 Å². The van der Waals surface area contributed by atoms with Crippen LogP contribution in [0.5, 0.6) is 0 Å². The first-order valence-electron chi connectivity index (χ1n) is 7.18. The summed E-state index contributed by atoms with van der Waals surface area (Å²) in [6, 6.07) is 8.89. The molecule has 0 N–H and O–H groups in total. The van der Waals surface area contributed by atoms with E-state index in [0.29, 0.717) is 12.0 Å². The van der Waals surface area contributed by atoms with Crippen LogP contribution >= 0.6 is 11.3 Å². The number of para-hydroxylation sites is 1. The molecule has 0 unspecified atom stereocenters. The maximum absolute atomic E-state index is 5.79. The summed E-state index contributed by atoms with van der Waals surface area (Å²) in [6.45, 7) is 4.93. The average molecular weight is 289 g/mol. The smallest absolute Gasteiger partial charge is 0.186 e. The van der Waals surface area contributed by atoms with E-state index >= 15 is 0 Å². The van der Waals surface area contributed by atoms with Crippen molar-refractivity contribution in [3.05, 3.63) is 24.3 Å². The molecule has 4 rings (SSSR count). The Kier molecular flexibility index (Phi) is 3.13. The molecule has 1 aromatic heterocycles. The molecule has 1 aromatic carbocycles. The number of hydrogen-bond donors (Lipinski definition) is 0. The molecule has 106 valence electrons. The average Bonchev–Trinajstić information content (AvgIpc) is 2.69. The molecule has 2 bridgehead atoms. The van der Waals surface area contributed by atoms with Gasteiger partial charge in [-0.1, -0.05) is 23.5 Å². The van der Waals surface area contributed by atoms with Crippen LogP contribution < -0.4 is 4.90 Å². The minimum atomic E-state index is 0.481. The lowest BCUT2D eigenvalue weighted by Gasteiger charge is -2.29.